The lowest BCUT2D eigenvalue weighted by atomic mass is 10.2. The van der Waals surface area contributed by atoms with Gasteiger partial charge in [-0.2, -0.15) is 0 Å². The van der Waals surface area contributed by atoms with Crippen molar-refractivity contribution in [3.8, 4) is 0 Å². The molecule has 0 aromatic carbocycles. The molecule has 0 spiro atoms. The second-order valence-electron chi connectivity index (χ2n) is 4.02. The molecule has 1 fully saturated rings. The fourth-order valence-corrected chi connectivity index (χ4v) is 2.02. The largest absolute Gasteiger partial charge is 0.480 e. The minimum absolute atomic E-state index is 0.298. The maximum Gasteiger partial charge on any atom is 0.326 e. The van der Waals surface area contributed by atoms with Crippen LogP contribution in [0.1, 0.15) is 28.9 Å². The molecule has 0 aliphatic carbocycles. The van der Waals surface area contributed by atoms with E-state index in [4.69, 9.17) is 5.11 Å². The molecule has 1 aliphatic rings. The quantitative estimate of drug-likeness (QED) is 0.805. The molecule has 1 saturated heterocycles. The van der Waals surface area contributed by atoms with Crippen molar-refractivity contribution in [2.75, 3.05) is 6.54 Å². The molecule has 1 aromatic heterocycles. The van der Waals surface area contributed by atoms with E-state index in [9.17, 15) is 9.59 Å². The van der Waals surface area contributed by atoms with Gasteiger partial charge in [0.05, 0.1) is 11.3 Å². The molecular weight excluding hydrogens is 222 g/mol. The number of hydrogen-bond donors (Lipinski definition) is 1. The molecule has 90 valence electrons. The first-order valence-corrected chi connectivity index (χ1v) is 5.41. The standard InChI is InChI=1S/C11H13N3O3/c1-7-8(5-12-6-13-7)10(15)14-4-2-3-9(14)11(16)17/h5-6,9H,2-4H2,1H3,(H,16,17)/t9-/m0/s1. The highest BCUT2D eigenvalue weighted by Gasteiger charge is 2.35. The molecule has 6 nitrogen and oxygen atoms in total. The van der Waals surface area contributed by atoms with E-state index in [0.717, 1.165) is 6.42 Å². The summed E-state index contributed by atoms with van der Waals surface area (Å²) in [7, 11) is 0. The molecule has 0 bridgehead atoms. The number of carboxylic acid groups (broad SMARTS) is 1. The maximum absolute atomic E-state index is 12.2. The van der Waals surface area contributed by atoms with Gasteiger partial charge in [-0.05, 0) is 19.8 Å². The Balaban J connectivity index is 2.26. The molecule has 1 atom stereocenters. The van der Waals surface area contributed by atoms with Crippen molar-refractivity contribution < 1.29 is 14.7 Å². The second kappa shape index (κ2) is 4.48. The van der Waals surface area contributed by atoms with E-state index in [1.165, 1.54) is 17.4 Å². The van der Waals surface area contributed by atoms with Crippen LogP contribution in [0.3, 0.4) is 0 Å². The monoisotopic (exact) mass is 235 g/mol. The molecule has 0 saturated carbocycles. The third-order valence-corrected chi connectivity index (χ3v) is 2.94. The Morgan fingerprint density at radius 2 is 2.29 bits per heavy atom. The van der Waals surface area contributed by atoms with Gasteiger partial charge in [0.25, 0.3) is 5.91 Å². The molecule has 1 N–H and O–H groups in total. The molecule has 1 amide bonds. The van der Waals surface area contributed by atoms with Crippen molar-refractivity contribution in [1.82, 2.24) is 14.9 Å². The highest BCUT2D eigenvalue weighted by atomic mass is 16.4. The van der Waals surface area contributed by atoms with Crippen LogP contribution in [-0.2, 0) is 4.79 Å². The van der Waals surface area contributed by atoms with Crippen LogP contribution < -0.4 is 0 Å². The fraction of sp³-hybridized carbons (Fsp3) is 0.455. The summed E-state index contributed by atoms with van der Waals surface area (Å²) in [6.07, 6.45) is 4.02. The van der Waals surface area contributed by atoms with Crippen LogP contribution in [0.15, 0.2) is 12.5 Å². The Morgan fingerprint density at radius 1 is 1.53 bits per heavy atom. The smallest absolute Gasteiger partial charge is 0.326 e. The Bertz CT molecular complexity index is 461. The fourth-order valence-electron chi connectivity index (χ4n) is 2.02. The van der Waals surface area contributed by atoms with E-state index in [1.807, 2.05) is 0 Å². The first kappa shape index (κ1) is 11.5. The zero-order chi connectivity index (χ0) is 12.4. The van der Waals surface area contributed by atoms with E-state index in [0.29, 0.717) is 24.2 Å². The summed E-state index contributed by atoms with van der Waals surface area (Å²) in [6, 6.07) is -0.720. The molecule has 2 rings (SSSR count). The van der Waals surface area contributed by atoms with Crippen LogP contribution in [0.25, 0.3) is 0 Å². The lowest BCUT2D eigenvalue weighted by molar-refractivity contribution is -0.141. The van der Waals surface area contributed by atoms with Gasteiger partial charge in [0.15, 0.2) is 0 Å². The summed E-state index contributed by atoms with van der Waals surface area (Å²) in [5.41, 5.74) is 0.946. The number of aromatic nitrogens is 2. The number of likely N-dealkylation sites (tertiary alicyclic amines) is 1. The van der Waals surface area contributed by atoms with Crippen molar-refractivity contribution >= 4 is 11.9 Å². The van der Waals surface area contributed by atoms with Crippen LogP contribution >= 0.6 is 0 Å². The van der Waals surface area contributed by atoms with E-state index in [-0.39, 0.29) is 5.91 Å². The number of amides is 1. The van der Waals surface area contributed by atoms with Crippen molar-refractivity contribution in [1.29, 1.82) is 0 Å². The van der Waals surface area contributed by atoms with E-state index < -0.39 is 12.0 Å². The van der Waals surface area contributed by atoms with E-state index >= 15 is 0 Å². The molecule has 2 heterocycles. The highest BCUT2D eigenvalue weighted by molar-refractivity contribution is 5.97. The predicted octanol–water partition coefficient (Wildman–Crippen LogP) is 0.474. The van der Waals surface area contributed by atoms with Crippen molar-refractivity contribution in [2.24, 2.45) is 0 Å². The van der Waals surface area contributed by atoms with Gasteiger partial charge in [0.1, 0.15) is 12.4 Å². The first-order chi connectivity index (χ1) is 8.11. The van der Waals surface area contributed by atoms with E-state index in [2.05, 4.69) is 9.97 Å². The van der Waals surface area contributed by atoms with Gasteiger partial charge >= 0.3 is 5.97 Å². The van der Waals surface area contributed by atoms with Gasteiger partial charge < -0.3 is 10.0 Å². The topological polar surface area (TPSA) is 83.4 Å². The molecule has 0 unspecified atom stereocenters. The summed E-state index contributed by atoms with van der Waals surface area (Å²) in [6.45, 7) is 2.19. The van der Waals surface area contributed by atoms with Crippen LogP contribution in [0, 0.1) is 6.92 Å². The zero-order valence-corrected chi connectivity index (χ0v) is 9.46. The van der Waals surface area contributed by atoms with Gasteiger partial charge in [0.2, 0.25) is 0 Å². The van der Waals surface area contributed by atoms with Crippen molar-refractivity contribution in [3.63, 3.8) is 0 Å². The average Bonchev–Trinajstić information content (AvgIpc) is 2.77. The van der Waals surface area contributed by atoms with Crippen LogP contribution in [0.2, 0.25) is 0 Å². The Morgan fingerprint density at radius 3 is 2.94 bits per heavy atom. The Kier molecular flexibility index (Phi) is 3.03. The third-order valence-electron chi connectivity index (χ3n) is 2.94. The van der Waals surface area contributed by atoms with Crippen LogP contribution in [0.5, 0.6) is 0 Å². The van der Waals surface area contributed by atoms with Crippen molar-refractivity contribution in [2.45, 2.75) is 25.8 Å². The lowest BCUT2D eigenvalue weighted by Crippen LogP contribution is -2.40. The molecule has 17 heavy (non-hydrogen) atoms. The Hall–Kier alpha value is -1.98. The Labute approximate surface area is 98.3 Å². The number of carbonyl (C=O) groups excluding carboxylic acids is 1. The number of hydrogen-bond acceptors (Lipinski definition) is 4. The van der Waals surface area contributed by atoms with Gasteiger partial charge in [-0.3, -0.25) is 4.79 Å². The molecule has 0 radical (unpaired) electrons. The number of rotatable bonds is 2. The number of nitrogens with zero attached hydrogens (tertiary/aromatic N) is 3. The number of carboxylic acids is 1. The van der Waals surface area contributed by atoms with Gasteiger partial charge in [-0.1, -0.05) is 0 Å². The lowest BCUT2D eigenvalue weighted by Gasteiger charge is -2.21. The first-order valence-electron chi connectivity index (χ1n) is 5.41. The van der Waals surface area contributed by atoms with E-state index in [1.54, 1.807) is 6.92 Å². The molecular formula is C11H13N3O3. The number of aryl methyl sites for hydroxylation is 1. The predicted molar refractivity (Wildman–Crippen MR) is 58.5 cm³/mol. The van der Waals surface area contributed by atoms with Gasteiger partial charge in [-0.25, -0.2) is 14.8 Å². The number of carbonyl (C=O) groups is 2. The second-order valence-corrected chi connectivity index (χ2v) is 4.02. The van der Waals surface area contributed by atoms with Crippen LogP contribution in [0.4, 0.5) is 0 Å². The average molecular weight is 235 g/mol. The highest BCUT2D eigenvalue weighted by Crippen LogP contribution is 2.20. The normalized spacial score (nSPS) is 19.4. The molecule has 6 heteroatoms. The van der Waals surface area contributed by atoms with Crippen LogP contribution in [-0.4, -0.2) is 44.4 Å². The minimum atomic E-state index is -0.953. The number of aliphatic carboxylic acids is 1. The SMILES string of the molecule is Cc1ncncc1C(=O)N1CCC[C@H]1C(=O)O. The van der Waals surface area contributed by atoms with Gasteiger partial charge in [0, 0.05) is 12.7 Å². The summed E-state index contributed by atoms with van der Waals surface area (Å²) < 4.78 is 0. The third kappa shape index (κ3) is 2.11. The summed E-state index contributed by atoms with van der Waals surface area (Å²) >= 11 is 0. The molecule has 1 aromatic rings. The summed E-state index contributed by atoms with van der Waals surface area (Å²) in [5, 5.41) is 9.02. The summed E-state index contributed by atoms with van der Waals surface area (Å²) in [5.74, 6) is -1.25. The molecule has 1 aliphatic heterocycles. The maximum atomic E-state index is 12.2. The minimum Gasteiger partial charge on any atom is -0.480 e. The summed E-state index contributed by atoms with van der Waals surface area (Å²) in [4.78, 5) is 32.3. The zero-order valence-electron chi connectivity index (χ0n) is 9.46. The van der Waals surface area contributed by atoms with Crippen molar-refractivity contribution in [3.05, 3.63) is 23.8 Å². The van der Waals surface area contributed by atoms with Gasteiger partial charge in [-0.15, -0.1) is 0 Å².